The van der Waals surface area contributed by atoms with Crippen molar-refractivity contribution >= 4 is 27.3 Å². The summed E-state index contributed by atoms with van der Waals surface area (Å²) < 4.78 is 27.4. The number of sulfonamides is 1. The normalized spacial score (nSPS) is 25.1. The highest BCUT2D eigenvalue weighted by Crippen LogP contribution is 2.43. The van der Waals surface area contributed by atoms with Gasteiger partial charge in [-0.2, -0.15) is 4.31 Å². The van der Waals surface area contributed by atoms with Crippen molar-refractivity contribution < 1.29 is 13.2 Å². The Kier molecular flexibility index (Phi) is 4.64. The van der Waals surface area contributed by atoms with Crippen molar-refractivity contribution in [2.75, 3.05) is 13.1 Å². The summed E-state index contributed by atoms with van der Waals surface area (Å²) in [6.45, 7) is 6.99. The van der Waals surface area contributed by atoms with Gasteiger partial charge in [-0.1, -0.05) is 17.7 Å². The smallest absolute Gasteiger partial charge is 0.261 e. The first-order chi connectivity index (χ1) is 12.8. The molecule has 3 atom stereocenters. The standard InChI is InChI=1S/C20H24N2O3S2/c1-12-4-6-16(7-5-12)27(24,25)22-10-15-9-18(17(15)11-22)21-20(23)19-8-13(2)14(3)26-19/h4-8,15,17-18H,9-11H2,1-3H3,(H,21,23)/t15-,17+,18+/m1/s1. The summed E-state index contributed by atoms with van der Waals surface area (Å²) in [4.78, 5) is 14.7. The van der Waals surface area contributed by atoms with E-state index < -0.39 is 10.0 Å². The minimum atomic E-state index is -3.46. The Bertz CT molecular complexity index is 960. The summed E-state index contributed by atoms with van der Waals surface area (Å²) >= 11 is 1.51. The van der Waals surface area contributed by atoms with Crippen LogP contribution in [0.2, 0.25) is 0 Å². The molecule has 2 fully saturated rings. The Hall–Kier alpha value is -1.70. The number of aryl methyl sites for hydroxylation is 3. The molecule has 4 rings (SSSR count). The van der Waals surface area contributed by atoms with Gasteiger partial charge >= 0.3 is 0 Å². The fraction of sp³-hybridized carbons (Fsp3) is 0.450. The molecule has 1 saturated heterocycles. The molecule has 2 aliphatic rings. The fourth-order valence-corrected chi connectivity index (χ4v) is 6.48. The van der Waals surface area contributed by atoms with Gasteiger partial charge in [0.05, 0.1) is 9.77 Å². The number of rotatable bonds is 4. The molecule has 7 heteroatoms. The van der Waals surface area contributed by atoms with Crippen molar-refractivity contribution in [2.24, 2.45) is 11.8 Å². The van der Waals surface area contributed by atoms with E-state index in [4.69, 9.17) is 0 Å². The van der Waals surface area contributed by atoms with Crippen molar-refractivity contribution in [1.29, 1.82) is 0 Å². The summed E-state index contributed by atoms with van der Waals surface area (Å²) in [6.07, 6.45) is 0.847. The third-order valence-corrected chi connectivity index (χ3v) is 8.89. The van der Waals surface area contributed by atoms with Crippen LogP contribution < -0.4 is 5.32 Å². The lowest BCUT2D eigenvalue weighted by molar-refractivity contribution is 0.0836. The van der Waals surface area contributed by atoms with E-state index >= 15 is 0 Å². The lowest BCUT2D eigenvalue weighted by atomic mass is 9.71. The monoisotopic (exact) mass is 404 g/mol. The molecule has 27 heavy (non-hydrogen) atoms. The molecule has 0 unspecified atom stereocenters. The fourth-order valence-electron chi connectivity index (χ4n) is 4.01. The molecule has 5 nitrogen and oxygen atoms in total. The number of carbonyl (C=O) groups excluding carboxylic acids is 1. The molecule has 0 spiro atoms. The van der Waals surface area contributed by atoms with Gasteiger partial charge in [0.1, 0.15) is 0 Å². The van der Waals surface area contributed by atoms with Crippen LogP contribution in [0.5, 0.6) is 0 Å². The average molecular weight is 405 g/mol. The number of amides is 1. The number of carbonyl (C=O) groups is 1. The molecule has 1 aliphatic carbocycles. The highest BCUT2D eigenvalue weighted by atomic mass is 32.2. The molecule has 2 heterocycles. The van der Waals surface area contributed by atoms with Gasteiger partial charge in [0, 0.05) is 24.0 Å². The van der Waals surface area contributed by atoms with Crippen molar-refractivity contribution in [3.63, 3.8) is 0 Å². The molecule has 144 valence electrons. The molecule has 0 radical (unpaired) electrons. The number of hydrogen-bond donors (Lipinski definition) is 1. The number of fused-ring (bicyclic) bond motifs is 1. The van der Waals surface area contributed by atoms with Crippen LogP contribution in [0.4, 0.5) is 0 Å². The Morgan fingerprint density at radius 3 is 2.48 bits per heavy atom. The minimum absolute atomic E-state index is 0.0421. The first-order valence-electron chi connectivity index (χ1n) is 9.20. The van der Waals surface area contributed by atoms with Gasteiger partial charge in [-0.05, 0) is 62.8 Å². The summed E-state index contributed by atoms with van der Waals surface area (Å²) in [5.74, 6) is 0.498. The van der Waals surface area contributed by atoms with Crippen molar-refractivity contribution in [2.45, 2.75) is 38.1 Å². The number of nitrogens with zero attached hydrogens (tertiary/aromatic N) is 1. The first-order valence-corrected chi connectivity index (χ1v) is 11.5. The minimum Gasteiger partial charge on any atom is -0.348 e. The van der Waals surface area contributed by atoms with E-state index in [1.807, 2.05) is 39.0 Å². The van der Waals surface area contributed by atoms with Crippen LogP contribution in [0, 0.1) is 32.6 Å². The summed E-state index contributed by atoms with van der Waals surface area (Å²) in [5.41, 5.74) is 2.17. The van der Waals surface area contributed by atoms with Crippen LogP contribution in [-0.2, 0) is 10.0 Å². The molecule has 0 bridgehead atoms. The molecule has 1 saturated carbocycles. The quantitative estimate of drug-likeness (QED) is 0.851. The number of thiophene rings is 1. The zero-order valence-electron chi connectivity index (χ0n) is 15.7. The SMILES string of the molecule is Cc1ccc(S(=O)(=O)N2C[C@H]3C[C@H](NC(=O)c4cc(C)c(C)s4)[C@H]3C2)cc1. The second-order valence-corrected chi connectivity index (χ2v) is 10.9. The average Bonchev–Trinajstić information content (AvgIpc) is 3.13. The lowest BCUT2D eigenvalue weighted by Crippen LogP contribution is -2.51. The van der Waals surface area contributed by atoms with Gasteiger partial charge in [0.15, 0.2) is 0 Å². The van der Waals surface area contributed by atoms with Crippen LogP contribution in [0.15, 0.2) is 35.2 Å². The predicted molar refractivity (Wildman–Crippen MR) is 107 cm³/mol. The van der Waals surface area contributed by atoms with Crippen LogP contribution in [0.1, 0.15) is 32.1 Å². The van der Waals surface area contributed by atoms with Crippen LogP contribution in [-0.4, -0.2) is 37.8 Å². The third kappa shape index (κ3) is 3.32. The maximum atomic E-state index is 12.9. The molecule has 1 aromatic carbocycles. The molecular formula is C20H24N2O3S2. The Labute approximate surface area is 164 Å². The summed E-state index contributed by atoms with van der Waals surface area (Å²) in [6, 6.07) is 8.98. The molecular weight excluding hydrogens is 380 g/mol. The van der Waals surface area contributed by atoms with Gasteiger partial charge in [0.25, 0.3) is 5.91 Å². The Morgan fingerprint density at radius 1 is 1.15 bits per heavy atom. The zero-order chi connectivity index (χ0) is 19.3. The summed E-state index contributed by atoms with van der Waals surface area (Å²) in [7, 11) is -3.46. The Morgan fingerprint density at radius 2 is 1.85 bits per heavy atom. The number of hydrogen-bond acceptors (Lipinski definition) is 4. The van der Waals surface area contributed by atoms with Gasteiger partial charge in [-0.3, -0.25) is 4.79 Å². The highest BCUT2D eigenvalue weighted by Gasteiger charge is 2.50. The number of nitrogens with one attached hydrogen (secondary N) is 1. The van der Waals surface area contributed by atoms with E-state index in [2.05, 4.69) is 5.32 Å². The van der Waals surface area contributed by atoms with E-state index in [1.165, 1.54) is 11.3 Å². The second kappa shape index (κ2) is 6.72. The van der Waals surface area contributed by atoms with Gasteiger partial charge < -0.3 is 5.32 Å². The van der Waals surface area contributed by atoms with E-state index in [9.17, 15) is 13.2 Å². The number of benzene rings is 1. The summed E-state index contributed by atoms with van der Waals surface area (Å²) in [5, 5.41) is 3.11. The predicted octanol–water partition coefficient (Wildman–Crippen LogP) is 3.11. The van der Waals surface area contributed by atoms with E-state index in [0.29, 0.717) is 23.9 Å². The van der Waals surface area contributed by atoms with Crippen LogP contribution in [0.3, 0.4) is 0 Å². The maximum absolute atomic E-state index is 12.9. The van der Waals surface area contributed by atoms with E-state index in [1.54, 1.807) is 16.4 Å². The first kappa shape index (κ1) is 18.7. The van der Waals surface area contributed by atoms with Crippen LogP contribution in [0.25, 0.3) is 0 Å². The Balaban J connectivity index is 1.42. The van der Waals surface area contributed by atoms with Gasteiger partial charge in [0.2, 0.25) is 10.0 Å². The molecule has 1 N–H and O–H groups in total. The maximum Gasteiger partial charge on any atom is 0.261 e. The molecule has 1 aliphatic heterocycles. The van der Waals surface area contributed by atoms with Crippen LogP contribution >= 0.6 is 11.3 Å². The molecule has 2 aromatic rings. The largest absolute Gasteiger partial charge is 0.348 e. The van der Waals surface area contributed by atoms with E-state index in [0.717, 1.165) is 27.3 Å². The van der Waals surface area contributed by atoms with Crippen molar-refractivity contribution in [1.82, 2.24) is 9.62 Å². The highest BCUT2D eigenvalue weighted by molar-refractivity contribution is 7.89. The molecule has 1 amide bonds. The van der Waals surface area contributed by atoms with Gasteiger partial charge in [-0.15, -0.1) is 11.3 Å². The van der Waals surface area contributed by atoms with E-state index in [-0.39, 0.29) is 17.9 Å². The second-order valence-electron chi connectivity index (χ2n) is 7.72. The third-order valence-electron chi connectivity index (χ3n) is 5.90. The lowest BCUT2D eigenvalue weighted by Gasteiger charge is -2.39. The van der Waals surface area contributed by atoms with Gasteiger partial charge in [-0.25, -0.2) is 8.42 Å². The zero-order valence-corrected chi connectivity index (χ0v) is 17.4. The van der Waals surface area contributed by atoms with Crippen molar-refractivity contribution in [3.05, 3.63) is 51.2 Å². The topological polar surface area (TPSA) is 66.5 Å². The molecule has 1 aromatic heterocycles. The van der Waals surface area contributed by atoms with Crippen molar-refractivity contribution in [3.8, 4) is 0 Å².